The summed E-state index contributed by atoms with van der Waals surface area (Å²) in [5, 5.41) is 3.81. The summed E-state index contributed by atoms with van der Waals surface area (Å²) in [7, 11) is 0. The Morgan fingerprint density at radius 1 is 1.29 bits per heavy atom. The van der Waals surface area contributed by atoms with Crippen molar-refractivity contribution in [3.8, 4) is 0 Å². The van der Waals surface area contributed by atoms with Crippen LogP contribution in [0.25, 0.3) is 0 Å². The molecule has 3 heteroatoms. The molecule has 0 amide bonds. The monoisotopic (exact) mass is 290 g/mol. The summed E-state index contributed by atoms with van der Waals surface area (Å²) >= 11 is 0. The van der Waals surface area contributed by atoms with Gasteiger partial charge in [0, 0.05) is 19.1 Å². The van der Waals surface area contributed by atoms with Gasteiger partial charge in [-0.05, 0) is 49.8 Å². The topological polar surface area (TPSA) is 28.4 Å². The molecule has 0 unspecified atom stereocenters. The van der Waals surface area contributed by atoms with Crippen LogP contribution < -0.4 is 5.32 Å². The minimum Gasteiger partial charge on any atom is -0.468 e. The predicted molar refractivity (Wildman–Crippen MR) is 86.2 cm³/mol. The largest absolute Gasteiger partial charge is 0.468 e. The van der Waals surface area contributed by atoms with Crippen LogP contribution in [-0.4, -0.2) is 30.6 Å². The molecule has 1 aromatic heterocycles. The molecule has 0 spiro atoms. The molecular formula is C18H30N2O. The fourth-order valence-electron chi connectivity index (χ4n) is 3.72. The highest BCUT2D eigenvalue weighted by Crippen LogP contribution is 2.37. The maximum Gasteiger partial charge on any atom is 0.117 e. The minimum atomic E-state index is 0.490. The van der Waals surface area contributed by atoms with Gasteiger partial charge in [-0.1, -0.05) is 26.2 Å². The Labute approximate surface area is 129 Å². The molecule has 0 bridgehead atoms. The fraction of sp³-hybridized carbons (Fsp3) is 0.778. The molecule has 2 saturated carbocycles. The van der Waals surface area contributed by atoms with Gasteiger partial charge in [-0.25, -0.2) is 0 Å². The summed E-state index contributed by atoms with van der Waals surface area (Å²) in [6.45, 7) is 6.75. The fourth-order valence-corrected chi connectivity index (χ4v) is 3.72. The van der Waals surface area contributed by atoms with Crippen LogP contribution in [0.4, 0.5) is 0 Å². The van der Waals surface area contributed by atoms with Crippen molar-refractivity contribution in [3.63, 3.8) is 0 Å². The average Bonchev–Trinajstić information content (AvgIpc) is 3.21. The van der Waals surface area contributed by atoms with Gasteiger partial charge in [0.2, 0.25) is 0 Å². The highest BCUT2D eigenvalue weighted by molar-refractivity contribution is 4.99. The van der Waals surface area contributed by atoms with Gasteiger partial charge in [0.15, 0.2) is 0 Å². The van der Waals surface area contributed by atoms with Crippen molar-refractivity contribution in [2.75, 3.05) is 19.6 Å². The molecule has 0 atom stereocenters. The van der Waals surface area contributed by atoms with Crippen molar-refractivity contribution in [1.29, 1.82) is 0 Å². The van der Waals surface area contributed by atoms with E-state index in [0.717, 1.165) is 24.9 Å². The van der Waals surface area contributed by atoms with E-state index < -0.39 is 0 Å². The Balaban J connectivity index is 1.60. The summed E-state index contributed by atoms with van der Waals surface area (Å²) in [5.74, 6) is 1.10. The smallest absolute Gasteiger partial charge is 0.117 e. The van der Waals surface area contributed by atoms with Crippen LogP contribution in [0.1, 0.15) is 57.6 Å². The van der Waals surface area contributed by atoms with Gasteiger partial charge in [0.1, 0.15) is 5.76 Å². The van der Waals surface area contributed by atoms with Gasteiger partial charge in [-0.3, -0.25) is 4.90 Å². The second-order valence-corrected chi connectivity index (χ2v) is 7.10. The number of hydrogen-bond donors (Lipinski definition) is 1. The van der Waals surface area contributed by atoms with Gasteiger partial charge < -0.3 is 9.73 Å². The molecular weight excluding hydrogens is 260 g/mol. The molecule has 2 aliphatic rings. The second-order valence-electron chi connectivity index (χ2n) is 7.10. The summed E-state index contributed by atoms with van der Waals surface area (Å²) in [5.41, 5.74) is 0.490. The lowest BCUT2D eigenvalue weighted by Gasteiger charge is -2.41. The highest BCUT2D eigenvalue weighted by atomic mass is 16.3. The summed E-state index contributed by atoms with van der Waals surface area (Å²) in [6.07, 6.45) is 11.6. The first-order valence-corrected chi connectivity index (χ1v) is 8.78. The van der Waals surface area contributed by atoms with Crippen molar-refractivity contribution < 1.29 is 4.42 Å². The lowest BCUT2D eigenvalue weighted by atomic mass is 9.73. The summed E-state index contributed by atoms with van der Waals surface area (Å²) in [6, 6.07) is 4.91. The van der Waals surface area contributed by atoms with Crippen LogP contribution in [0.5, 0.6) is 0 Å². The molecule has 2 aliphatic carbocycles. The minimum absolute atomic E-state index is 0.490. The number of rotatable bonds is 8. The zero-order valence-electron chi connectivity index (χ0n) is 13.4. The molecule has 118 valence electrons. The van der Waals surface area contributed by atoms with Gasteiger partial charge in [-0.15, -0.1) is 0 Å². The van der Waals surface area contributed by atoms with Crippen LogP contribution in [0.3, 0.4) is 0 Å². The van der Waals surface area contributed by atoms with E-state index >= 15 is 0 Å². The van der Waals surface area contributed by atoms with Crippen LogP contribution >= 0.6 is 0 Å². The summed E-state index contributed by atoms with van der Waals surface area (Å²) in [4.78, 5) is 2.57. The molecule has 1 aromatic rings. The van der Waals surface area contributed by atoms with E-state index in [1.165, 1.54) is 58.0 Å². The molecule has 3 rings (SSSR count). The van der Waals surface area contributed by atoms with Gasteiger partial charge in [0.25, 0.3) is 0 Å². The molecule has 2 fully saturated rings. The van der Waals surface area contributed by atoms with Gasteiger partial charge in [-0.2, -0.15) is 0 Å². The normalized spacial score (nSPS) is 21.8. The van der Waals surface area contributed by atoms with E-state index in [1.807, 2.05) is 6.07 Å². The molecule has 21 heavy (non-hydrogen) atoms. The quantitative estimate of drug-likeness (QED) is 0.789. The van der Waals surface area contributed by atoms with Crippen LogP contribution in [0.15, 0.2) is 22.8 Å². The molecule has 1 heterocycles. The molecule has 0 aromatic carbocycles. The lowest BCUT2D eigenvalue weighted by Crippen LogP contribution is -2.45. The van der Waals surface area contributed by atoms with Crippen LogP contribution in [0.2, 0.25) is 0 Å². The standard InChI is InChI=1S/C18H30N2O/c1-2-20(13-17-7-6-12-21-17)15-18(10-4-3-5-11-18)14-19-16-8-9-16/h6-7,12,16,19H,2-5,8-11,13-15H2,1H3. The maximum atomic E-state index is 5.54. The maximum absolute atomic E-state index is 5.54. The molecule has 3 nitrogen and oxygen atoms in total. The van der Waals surface area contributed by atoms with E-state index in [1.54, 1.807) is 6.26 Å². The molecule has 0 radical (unpaired) electrons. The first-order valence-electron chi connectivity index (χ1n) is 8.78. The Kier molecular flexibility index (Phi) is 5.02. The number of furan rings is 1. The van der Waals surface area contributed by atoms with E-state index in [-0.39, 0.29) is 0 Å². The second kappa shape index (κ2) is 6.97. The average molecular weight is 290 g/mol. The number of nitrogens with zero attached hydrogens (tertiary/aromatic N) is 1. The number of hydrogen-bond acceptors (Lipinski definition) is 3. The van der Waals surface area contributed by atoms with Crippen LogP contribution in [0, 0.1) is 5.41 Å². The number of nitrogens with one attached hydrogen (secondary N) is 1. The van der Waals surface area contributed by atoms with E-state index in [2.05, 4.69) is 23.2 Å². The Morgan fingerprint density at radius 3 is 2.71 bits per heavy atom. The van der Waals surface area contributed by atoms with E-state index in [9.17, 15) is 0 Å². The van der Waals surface area contributed by atoms with Crippen molar-refractivity contribution in [3.05, 3.63) is 24.2 Å². The van der Waals surface area contributed by atoms with Crippen molar-refractivity contribution in [2.24, 2.45) is 5.41 Å². The van der Waals surface area contributed by atoms with Crippen molar-refractivity contribution in [2.45, 2.75) is 64.5 Å². The van der Waals surface area contributed by atoms with Crippen LogP contribution in [-0.2, 0) is 6.54 Å². The third-order valence-electron chi connectivity index (χ3n) is 5.22. The Hall–Kier alpha value is -0.800. The van der Waals surface area contributed by atoms with Crippen molar-refractivity contribution in [1.82, 2.24) is 10.2 Å². The zero-order valence-corrected chi connectivity index (χ0v) is 13.4. The van der Waals surface area contributed by atoms with Gasteiger partial charge in [0.05, 0.1) is 12.8 Å². The van der Waals surface area contributed by atoms with E-state index in [0.29, 0.717) is 5.41 Å². The Bertz CT molecular complexity index is 405. The molecule has 0 aliphatic heterocycles. The lowest BCUT2D eigenvalue weighted by molar-refractivity contribution is 0.0963. The third kappa shape index (κ3) is 4.33. The molecule has 0 saturated heterocycles. The SMILES string of the molecule is CCN(Cc1ccco1)CC1(CNC2CC2)CCCCC1. The highest BCUT2D eigenvalue weighted by Gasteiger charge is 2.35. The van der Waals surface area contributed by atoms with Gasteiger partial charge >= 0.3 is 0 Å². The first kappa shape index (κ1) is 15.1. The van der Waals surface area contributed by atoms with E-state index in [4.69, 9.17) is 4.42 Å². The van der Waals surface area contributed by atoms with Crippen molar-refractivity contribution >= 4 is 0 Å². The zero-order chi connectivity index (χ0) is 14.5. The third-order valence-corrected chi connectivity index (χ3v) is 5.22. The summed E-state index contributed by atoms with van der Waals surface area (Å²) < 4.78 is 5.54. The Morgan fingerprint density at radius 2 is 2.10 bits per heavy atom. The molecule has 1 N–H and O–H groups in total. The first-order chi connectivity index (χ1) is 10.3. The predicted octanol–water partition coefficient (Wildman–Crippen LogP) is 3.80.